The summed E-state index contributed by atoms with van der Waals surface area (Å²) in [7, 11) is 0. The molecule has 0 spiro atoms. The maximum absolute atomic E-state index is 5.85. The first-order valence-corrected chi connectivity index (χ1v) is 6.59. The molecule has 0 atom stereocenters. The average Bonchev–Trinajstić information content (AvgIpc) is 3.01. The lowest BCUT2D eigenvalue weighted by molar-refractivity contribution is 0.376. The van der Waals surface area contributed by atoms with Crippen molar-refractivity contribution in [2.45, 2.75) is 19.9 Å². The predicted octanol–water partition coefficient (Wildman–Crippen LogP) is 2.56. The lowest BCUT2D eigenvalue weighted by Gasteiger charge is -2.05. The Balaban J connectivity index is 2.13. The Labute approximate surface area is 115 Å². The minimum Gasteiger partial charge on any atom is -0.359 e. The third-order valence-corrected chi connectivity index (χ3v) is 3.23. The Morgan fingerprint density at radius 2 is 2.21 bits per heavy atom. The summed E-state index contributed by atoms with van der Waals surface area (Å²) in [4.78, 5) is 9.06. The first-order chi connectivity index (χ1) is 9.29. The Bertz CT molecular complexity index is 690. The molecular weight excluding hydrogens is 264 g/mol. The Morgan fingerprint density at radius 3 is 2.95 bits per heavy atom. The Kier molecular flexibility index (Phi) is 3.21. The van der Waals surface area contributed by atoms with Crippen molar-refractivity contribution < 1.29 is 4.52 Å². The van der Waals surface area contributed by atoms with E-state index in [0.717, 1.165) is 28.3 Å². The molecule has 0 radical (unpaired) electrons. The van der Waals surface area contributed by atoms with E-state index in [1.165, 1.54) is 0 Å². The van der Waals surface area contributed by atoms with E-state index >= 15 is 0 Å². The molecule has 0 aromatic carbocycles. The van der Waals surface area contributed by atoms with Crippen LogP contribution in [0.2, 0.25) is 0 Å². The van der Waals surface area contributed by atoms with E-state index in [1.807, 2.05) is 23.6 Å². The van der Waals surface area contributed by atoms with Gasteiger partial charge in [-0.25, -0.2) is 9.97 Å². The Morgan fingerprint density at radius 1 is 1.32 bits per heavy atom. The second kappa shape index (κ2) is 5.01. The molecule has 0 aliphatic heterocycles. The SMILES string of the molecule is Cc1ccnc2c1nc(CCCl)n2Cc1ccno1. The minimum atomic E-state index is 0.527. The standard InChI is InChI=1S/C13H13ClN4O/c1-9-3-6-15-13-12(9)17-11(2-5-14)18(13)8-10-4-7-16-19-10/h3-4,6-7H,2,5,8H2,1H3. The molecule has 98 valence electrons. The molecule has 0 bridgehead atoms. The van der Waals surface area contributed by atoms with Gasteiger partial charge in [-0.3, -0.25) is 0 Å². The van der Waals surface area contributed by atoms with E-state index in [0.29, 0.717) is 18.8 Å². The highest BCUT2D eigenvalue weighted by Gasteiger charge is 2.14. The molecular formula is C13H13ClN4O. The number of fused-ring (bicyclic) bond motifs is 1. The molecule has 0 aliphatic rings. The monoisotopic (exact) mass is 276 g/mol. The van der Waals surface area contributed by atoms with E-state index < -0.39 is 0 Å². The molecule has 3 aromatic heterocycles. The van der Waals surface area contributed by atoms with Crippen molar-refractivity contribution in [2.75, 3.05) is 5.88 Å². The van der Waals surface area contributed by atoms with Crippen LogP contribution in [0.5, 0.6) is 0 Å². The number of nitrogens with zero attached hydrogens (tertiary/aromatic N) is 4. The van der Waals surface area contributed by atoms with Crippen molar-refractivity contribution in [3.05, 3.63) is 41.7 Å². The highest BCUT2D eigenvalue weighted by molar-refractivity contribution is 6.17. The van der Waals surface area contributed by atoms with Gasteiger partial charge in [-0.2, -0.15) is 0 Å². The van der Waals surface area contributed by atoms with E-state index in [1.54, 1.807) is 12.4 Å². The van der Waals surface area contributed by atoms with E-state index in [-0.39, 0.29) is 0 Å². The summed E-state index contributed by atoms with van der Waals surface area (Å²) in [6, 6.07) is 3.80. The Hall–Kier alpha value is -1.88. The van der Waals surface area contributed by atoms with Crippen molar-refractivity contribution >= 4 is 22.8 Å². The number of halogens is 1. The van der Waals surface area contributed by atoms with Crippen LogP contribution in [-0.2, 0) is 13.0 Å². The van der Waals surface area contributed by atoms with E-state index in [9.17, 15) is 0 Å². The topological polar surface area (TPSA) is 56.7 Å². The summed E-state index contributed by atoms with van der Waals surface area (Å²) in [5.41, 5.74) is 2.88. The largest absolute Gasteiger partial charge is 0.359 e. The molecule has 0 aliphatic carbocycles. The molecule has 0 amide bonds. The second-order valence-corrected chi connectivity index (χ2v) is 4.71. The molecule has 0 fully saturated rings. The van der Waals surface area contributed by atoms with E-state index in [4.69, 9.17) is 16.1 Å². The van der Waals surface area contributed by atoms with Crippen LogP contribution in [0, 0.1) is 6.92 Å². The van der Waals surface area contributed by atoms with Crippen molar-refractivity contribution in [2.24, 2.45) is 0 Å². The van der Waals surface area contributed by atoms with Crippen LogP contribution in [-0.4, -0.2) is 25.6 Å². The van der Waals surface area contributed by atoms with Crippen molar-refractivity contribution in [3.63, 3.8) is 0 Å². The summed E-state index contributed by atoms with van der Waals surface area (Å²) in [6.45, 7) is 2.60. The number of hydrogen-bond donors (Lipinski definition) is 0. The molecule has 6 heteroatoms. The van der Waals surface area contributed by atoms with Crippen LogP contribution < -0.4 is 0 Å². The van der Waals surface area contributed by atoms with Crippen LogP contribution in [0.4, 0.5) is 0 Å². The van der Waals surface area contributed by atoms with Gasteiger partial charge in [0.15, 0.2) is 11.4 Å². The van der Waals surface area contributed by atoms with Crippen LogP contribution in [0.1, 0.15) is 17.1 Å². The van der Waals surface area contributed by atoms with Crippen molar-refractivity contribution in [3.8, 4) is 0 Å². The van der Waals surface area contributed by atoms with Gasteiger partial charge in [0.2, 0.25) is 0 Å². The van der Waals surface area contributed by atoms with E-state index in [2.05, 4.69) is 15.1 Å². The highest BCUT2D eigenvalue weighted by atomic mass is 35.5. The molecule has 3 aromatic rings. The molecule has 3 heterocycles. The minimum absolute atomic E-state index is 0.527. The number of alkyl halides is 1. The number of hydrogen-bond acceptors (Lipinski definition) is 4. The fourth-order valence-electron chi connectivity index (χ4n) is 2.10. The number of aryl methyl sites for hydroxylation is 2. The molecule has 0 saturated carbocycles. The molecule has 0 saturated heterocycles. The van der Waals surface area contributed by atoms with Gasteiger partial charge in [-0.1, -0.05) is 5.16 Å². The van der Waals surface area contributed by atoms with Crippen LogP contribution in [0.15, 0.2) is 29.0 Å². The smallest absolute Gasteiger partial charge is 0.160 e. The van der Waals surface area contributed by atoms with Crippen LogP contribution in [0.25, 0.3) is 11.2 Å². The van der Waals surface area contributed by atoms with Crippen LogP contribution in [0.3, 0.4) is 0 Å². The van der Waals surface area contributed by atoms with Gasteiger partial charge in [0.1, 0.15) is 11.3 Å². The van der Waals surface area contributed by atoms with Gasteiger partial charge in [0.05, 0.1) is 12.7 Å². The van der Waals surface area contributed by atoms with Gasteiger partial charge < -0.3 is 9.09 Å². The zero-order chi connectivity index (χ0) is 13.2. The maximum atomic E-state index is 5.85. The lowest BCUT2D eigenvalue weighted by Crippen LogP contribution is -2.06. The lowest BCUT2D eigenvalue weighted by atomic mass is 10.3. The number of imidazole rings is 1. The summed E-state index contributed by atoms with van der Waals surface area (Å²) >= 11 is 5.85. The quantitative estimate of drug-likeness (QED) is 0.687. The first kappa shape index (κ1) is 12.2. The maximum Gasteiger partial charge on any atom is 0.160 e. The van der Waals surface area contributed by atoms with Crippen LogP contribution >= 0.6 is 11.6 Å². The third kappa shape index (κ3) is 2.21. The normalized spacial score (nSPS) is 11.3. The predicted molar refractivity (Wildman–Crippen MR) is 72.3 cm³/mol. The van der Waals surface area contributed by atoms with Gasteiger partial charge in [-0.05, 0) is 18.6 Å². The van der Waals surface area contributed by atoms with Gasteiger partial charge in [-0.15, -0.1) is 11.6 Å². The zero-order valence-electron chi connectivity index (χ0n) is 10.5. The number of pyridine rings is 1. The first-order valence-electron chi connectivity index (χ1n) is 6.06. The van der Waals surface area contributed by atoms with Crippen molar-refractivity contribution in [1.29, 1.82) is 0 Å². The summed E-state index contributed by atoms with van der Waals surface area (Å²) in [5.74, 6) is 2.22. The zero-order valence-corrected chi connectivity index (χ0v) is 11.3. The number of rotatable bonds is 4. The van der Waals surface area contributed by atoms with Crippen molar-refractivity contribution in [1.82, 2.24) is 19.7 Å². The number of aromatic nitrogens is 4. The van der Waals surface area contributed by atoms with Gasteiger partial charge >= 0.3 is 0 Å². The van der Waals surface area contributed by atoms with Gasteiger partial charge in [0.25, 0.3) is 0 Å². The fraction of sp³-hybridized carbons (Fsp3) is 0.308. The second-order valence-electron chi connectivity index (χ2n) is 4.33. The molecule has 0 unspecified atom stereocenters. The van der Waals surface area contributed by atoms with Gasteiger partial charge in [0, 0.05) is 24.6 Å². The molecule has 3 rings (SSSR count). The molecule has 19 heavy (non-hydrogen) atoms. The summed E-state index contributed by atoms with van der Waals surface area (Å²) in [5, 5.41) is 3.72. The summed E-state index contributed by atoms with van der Waals surface area (Å²) < 4.78 is 7.19. The molecule has 5 nitrogen and oxygen atoms in total. The fourth-order valence-corrected chi connectivity index (χ4v) is 2.27. The highest BCUT2D eigenvalue weighted by Crippen LogP contribution is 2.19. The third-order valence-electron chi connectivity index (χ3n) is 3.04. The molecule has 0 N–H and O–H groups in total. The average molecular weight is 277 g/mol. The summed E-state index contributed by atoms with van der Waals surface area (Å²) in [6.07, 6.45) is 4.13.